The number of carbonyl (C=O) groups is 2. The molecule has 2 aromatic carbocycles. The summed E-state index contributed by atoms with van der Waals surface area (Å²) in [5.41, 5.74) is 1.64. The summed E-state index contributed by atoms with van der Waals surface area (Å²) >= 11 is 12.0. The minimum Gasteiger partial charge on any atom is -0.503 e. The number of phenols is 1. The van der Waals surface area contributed by atoms with Crippen molar-refractivity contribution in [3.63, 3.8) is 0 Å². The summed E-state index contributed by atoms with van der Waals surface area (Å²) in [6, 6.07) is 10.7. The lowest BCUT2D eigenvalue weighted by Crippen LogP contribution is -2.48. The second kappa shape index (κ2) is 13.3. The topological polar surface area (TPSA) is 95.0 Å². The predicted octanol–water partition coefficient (Wildman–Crippen LogP) is 4.80. The normalized spacial score (nSPS) is 14.6. The maximum atomic E-state index is 13.7. The molecule has 2 amide bonds. The predicted molar refractivity (Wildman–Crippen MR) is 146 cm³/mol. The van der Waals surface area contributed by atoms with Gasteiger partial charge in [-0.15, -0.1) is 0 Å². The Hall–Kier alpha value is -3.47. The van der Waals surface area contributed by atoms with Crippen LogP contribution in [0.1, 0.15) is 34.8 Å². The van der Waals surface area contributed by atoms with Crippen molar-refractivity contribution in [3.05, 3.63) is 87.0 Å². The number of nitrogens with one attached hydrogen (secondary N) is 1. The number of benzene rings is 2. The van der Waals surface area contributed by atoms with Crippen molar-refractivity contribution in [1.82, 2.24) is 20.1 Å². The number of aromatic nitrogens is 1. The molecular weight excluding hydrogens is 565 g/mol. The molecule has 3 aromatic rings. The average molecular weight is 593 g/mol. The van der Waals surface area contributed by atoms with Gasteiger partial charge in [-0.05, 0) is 47.9 Å². The lowest BCUT2D eigenvalue weighted by Gasteiger charge is -2.35. The van der Waals surface area contributed by atoms with E-state index in [2.05, 4.69) is 10.3 Å². The molecule has 12 heteroatoms. The van der Waals surface area contributed by atoms with Crippen molar-refractivity contribution in [2.24, 2.45) is 0 Å². The highest BCUT2D eigenvalue weighted by Crippen LogP contribution is 2.26. The molecule has 1 fully saturated rings. The Morgan fingerprint density at radius 3 is 2.42 bits per heavy atom. The van der Waals surface area contributed by atoms with Crippen LogP contribution in [0.25, 0.3) is 0 Å². The fourth-order valence-electron chi connectivity index (χ4n) is 4.32. The first-order chi connectivity index (χ1) is 19.1. The van der Waals surface area contributed by atoms with Crippen molar-refractivity contribution in [1.29, 1.82) is 0 Å². The van der Waals surface area contributed by atoms with Gasteiger partial charge in [0.05, 0.1) is 5.02 Å². The van der Waals surface area contributed by atoms with Crippen molar-refractivity contribution in [2.75, 3.05) is 26.2 Å². The lowest BCUT2D eigenvalue weighted by molar-refractivity contribution is -0.128. The summed E-state index contributed by atoms with van der Waals surface area (Å²) in [7, 11) is 0. The first-order valence-corrected chi connectivity index (χ1v) is 13.4. The Balaban J connectivity index is 1.30. The highest BCUT2D eigenvalue weighted by atomic mass is 35.5. The number of halogens is 4. The Kier molecular flexibility index (Phi) is 9.78. The van der Waals surface area contributed by atoms with Crippen LogP contribution < -0.4 is 10.1 Å². The molecule has 2 N–H and O–H groups in total. The summed E-state index contributed by atoms with van der Waals surface area (Å²) < 4.78 is 33.0. The minimum absolute atomic E-state index is 0.114. The van der Waals surface area contributed by atoms with Gasteiger partial charge in [-0.3, -0.25) is 14.5 Å². The summed E-state index contributed by atoms with van der Waals surface area (Å²) in [5, 5.41) is 12.7. The molecule has 0 radical (unpaired) electrons. The SMILES string of the molecule is CC[C@@H](Oc1ncc(Cl)cc1Cl)C(=O)NCc1cccc(C(=O)N2CCN(Cc3cc(F)c(O)c(F)c3)CC2)c1. The van der Waals surface area contributed by atoms with Gasteiger partial charge in [0.25, 0.3) is 11.8 Å². The zero-order chi connectivity index (χ0) is 28.8. The molecule has 0 spiro atoms. The molecule has 0 bridgehead atoms. The number of hydrogen-bond acceptors (Lipinski definition) is 6. The third-order valence-corrected chi connectivity index (χ3v) is 6.95. The molecule has 40 heavy (non-hydrogen) atoms. The third-order valence-electron chi connectivity index (χ3n) is 6.47. The van der Waals surface area contributed by atoms with E-state index >= 15 is 0 Å². The first-order valence-electron chi connectivity index (χ1n) is 12.7. The lowest BCUT2D eigenvalue weighted by atomic mass is 10.1. The summed E-state index contributed by atoms with van der Waals surface area (Å²) in [6.07, 6.45) is 0.947. The molecule has 1 atom stereocenters. The number of ether oxygens (including phenoxy) is 1. The number of phenolic OH excluding ortho intramolecular Hbond substituents is 1. The van der Waals surface area contributed by atoms with Crippen LogP contribution >= 0.6 is 23.2 Å². The third kappa shape index (κ3) is 7.38. The molecule has 2 heterocycles. The second-order valence-electron chi connectivity index (χ2n) is 9.35. The largest absolute Gasteiger partial charge is 0.503 e. The molecule has 1 aliphatic heterocycles. The molecule has 1 saturated heterocycles. The van der Waals surface area contributed by atoms with E-state index in [9.17, 15) is 23.5 Å². The van der Waals surface area contributed by atoms with Crippen molar-refractivity contribution >= 4 is 35.0 Å². The van der Waals surface area contributed by atoms with Crippen molar-refractivity contribution < 1.29 is 28.2 Å². The highest BCUT2D eigenvalue weighted by molar-refractivity contribution is 6.35. The Bertz CT molecular complexity index is 1360. The number of aromatic hydroxyl groups is 1. The smallest absolute Gasteiger partial charge is 0.261 e. The molecule has 0 aliphatic carbocycles. The van der Waals surface area contributed by atoms with Crippen LogP contribution in [0.2, 0.25) is 10.0 Å². The van der Waals surface area contributed by atoms with Gasteiger partial charge in [0.2, 0.25) is 5.88 Å². The van der Waals surface area contributed by atoms with Crippen LogP contribution in [-0.4, -0.2) is 64.0 Å². The molecule has 1 aliphatic rings. The number of pyridine rings is 1. The number of rotatable bonds is 9. The number of amides is 2. The quantitative estimate of drug-likeness (QED) is 0.370. The zero-order valence-electron chi connectivity index (χ0n) is 21.7. The zero-order valence-corrected chi connectivity index (χ0v) is 23.2. The Morgan fingerprint density at radius 1 is 1.07 bits per heavy atom. The Morgan fingerprint density at radius 2 is 1.77 bits per heavy atom. The maximum Gasteiger partial charge on any atom is 0.261 e. The first kappa shape index (κ1) is 29.5. The molecular formula is C28H28Cl2F2N4O4. The number of carbonyl (C=O) groups excluding carboxylic acids is 2. The summed E-state index contributed by atoms with van der Waals surface area (Å²) in [4.78, 5) is 33.6. The van der Waals surface area contributed by atoms with Gasteiger partial charge in [-0.1, -0.05) is 42.3 Å². The van der Waals surface area contributed by atoms with Gasteiger partial charge in [0.1, 0.15) is 5.02 Å². The van der Waals surface area contributed by atoms with Gasteiger partial charge in [0, 0.05) is 51.0 Å². The van der Waals surface area contributed by atoms with Crippen molar-refractivity contribution in [3.8, 4) is 11.6 Å². The van der Waals surface area contributed by atoms with E-state index in [0.717, 1.165) is 17.7 Å². The van der Waals surface area contributed by atoms with Gasteiger partial charge >= 0.3 is 0 Å². The van der Waals surface area contributed by atoms with E-state index in [-0.39, 0.29) is 29.3 Å². The van der Waals surface area contributed by atoms with E-state index < -0.39 is 23.5 Å². The molecule has 0 saturated carbocycles. The molecule has 4 rings (SSSR count). The Labute approximate surface area is 240 Å². The minimum atomic E-state index is -0.999. The van der Waals surface area contributed by atoms with Crippen molar-refractivity contribution in [2.45, 2.75) is 32.5 Å². The standard InChI is InChI=1S/C28H28Cl2F2N4O4/c1-2-24(40-27-21(30)13-20(29)15-34-27)26(38)33-14-17-4-3-5-19(10-17)28(39)36-8-6-35(7-9-36)16-18-11-22(31)25(37)23(32)12-18/h3-5,10-13,15,24,37H,2,6-9,14,16H2,1H3,(H,33,38)/t24-/m1/s1. The van der Waals surface area contributed by atoms with Gasteiger partial charge < -0.3 is 20.1 Å². The van der Waals surface area contributed by atoms with Crippen LogP contribution in [0.5, 0.6) is 11.6 Å². The van der Waals surface area contributed by atoms with Crippen LogP contribution in [-0.2, 0) is 17.9 Å². The maximum absolute atomic E-state index is 13.7. The van der Waals surface area contributed by atoms with Gasteiger partial charge in [0.15, 0.2) is 23.5 Å². The highest BCUT2D eigenvalue weighted by Gasteiger charge is 2.24. The van der Waals surface area contributed by atoms with Crippen LogP contribution in [0.15, 0.2) is 48.7 Å². The van der Waals surface area contributed by atoms with E-state index in [0.29, 0.717) is 55.3 Å². The fourth-order valence-corrected chi connectivity index (χ4v) is 4.75. The summed E-state index contributed by atoms with van der Waals surface area (Å²) in [5.74, 6) is -3.37. The van der Waals surface area contributed by atoms with Gasteiger partial charge in [-0.25, -0.2) is 13.8 Å². The van der Waals surface area contributed by atoms with Crippen LogP contribution in [0, 0.1) is 11.6 Å². The van der Waals surface area contributed by atoms with E-state index in [1.807, 2.05) is 11.0 Å². The monoisotopic (exact) mass is 592 g/mol. The second-order valence-corrected chi connectivity index (χ2v) is 10.2. The number of nitrogens with zero attached hydrogens (tertiary/aromatic N) is 3. The number of piperazine rings is 1. The summed E-state index contributed by atoms with van der Waals surface area (Å²) in [6.45, 7) is 4.23. The van der Waals surface area contributed by atoms with Gasteiger partial charge in [-0.2, -0.15) is 0 Å². The average Bonchev–Trinajstić information content (AvgIpc) is 2.94. The fraction of sp³-hybridized carbons (Fsp3) is 0.321. The molecule has 8 nitrogen and oxygen atoms in total. The molecule has 0 unspecified atom stereocenters. The van der Waals surface area contributed by atoms with Crippen LogP contribution in [0.3, 0.4) is 0 Å². The van der Waals surface area contributed by atoms with E-state index in [1.165, 1.54) is 12.3 Å². The molecule has 1 aromatic heterocycles. The number of hydrogen-bond donors (Lipinski definition) is 2. The van der Waals surface area contributed by atoms with E-state index in [1.54, 1.807) is 30.0 Å². The molecule has 212 valence electrons. The van der Waals surface area contributed by atoms with E-state index in [4.69, 9.17) is 27.9 Å². The van der Waals surface area contributed by atoms with Crippen LogP contribution in [0.4, 0.5) is 8.78 Å².